The normalized spacial score (nSPS) is 32.1. The lowest BCUT2D eigenvalue weighted by molar-refractivity contribution is 0.199. The maximum absolute atomic E-state index is 3.87. The predicted molar refractivity (Wildman–Crippen MR) is 83.8 cm³/mol. The van der Waals surface area contributed by atoms with Gasteiger partial charge >= 0.3 is 0 Å². The summed E-state index contributed by atoms with van der Waals surface area (Å²) in [6, 6.07) is 11.5. The fourth-order valence-electron chi connectivity index (χ4n) is 3.72. The van der Waals surface area contributed by atoms with E-state index in [-0.39, 0.29) is 0 Å². The second kappa shape index (κ2) is 6.25. The van der Waals surface area contributed by atoms with Gasteiger partial charge in [0.15, 0.2) is 0 Å². The van der Waals surface area contributed by atoms with E-state index in [1.807, 2.05) is 0 Å². The van der Waals surface area contributed by atoms with Gasteiger partial charge in [0, 0.05) is 37.8 Å². The van der Waals surface area contributed by atoms with Gasteiger partial charge in [-0.25, -0.2) is 0 Å². The maximum Gasteiger partial charge on any atom is 0.0321 e. The second-order valence-corrected chi connectivity index (χ2v) is 6.57. The van der Waals surface area contributed by atoms with Crippen LogP contribution in [0.2, 0.25) is 0 Å². The van der Waals surface area contributed by atoms with Crippen LogP contribution in [-0.2, 0) is 6.54 Å². The van der Waals surface area contributed by atoms with Gasteiger partial charge in [-0.1, -0.05) is 30.3 Å². The molecule has 2 fully saturated rings. The van der Waals surface area contributed by atoms with Crippen molar-refractivity contribution in [3.8, 4) is 0 Å². The Morgan fingerprint density at radius 3 is 2.85 bits per heavy atom. The van der Waals surface area contributed by atoms with E-state index in [1.54, 1.807) is 0 Å². The van der Waals surface area contributed by atoms with Crippen molar-refractivity contribution in [2.45, 2.75) is 44.3 Å². The molecule has 0 saturated carbocycles. The van der Waals surface area contributed by atoms with Crippen LogP contribution in [0.5, 0.6) is 0 Å². The minimum Gasteiger partial charge on any atom is -0.313 e. The van der Waals surface area contributed by atoms with Crippen molar-refractivity contribution in [1.29, 1.82) is 0 Å². The predicted octanol–water partition coefficient (Wildman–Crippen LogP) is 1.99. The number of nitrogens with one attached hydrogen (secondary N) is 2. The summed E-state index contributed by atoms with van der Waals surface area (Å²) < 4.78 is 0. The molecule has 0 aliphatic carbocycles. The second-order valence-electron chi connectivity index (χ2n) is 6.57. The molecule has 20 heavy (non-hydrogen) atoms. The molecule has 1 spiro atoms. The Labute approximate surface area is 122 Å². The quantitative estimate of drug-likeness (QED) is 0.863. The van der Waals surface area contributed by atoms with Gasteiger partial charge in [0.25, 0.3) is 0 Å². The van der Waals surface area contributed by atoms with Crippen LogP contribution in [0.15, 0.2) is 30.3 Å². The zero-order valence-corrected chi connectivity index (χ0v) is 12.6. The van der Waals surface area contributed by atoms with Gasteiger partial charge in [-0.2, -0.15) is 0 Å². The van der Waals surface area contributed by atoms with Gasteiger partial charge in [0.05, 0.1) is 0 Å². The molecule has 2 saturated heterocycles. The highest BCUT2D eigenvalue weighted by atomic mass is 15.2. The summed E-state index contributed by atoms with van der Waals surface area (Å²) in [6.07, 6.45) is 3.86. The maximum atomic E-state index is 3.87. The summed E-state index contributed by atoms with van der Waals surface area (Å²) in [5.41, 5.74) is 1.77. The van der Waals surface area contributed by atoms with Crippen molar-refractivity contribution in [2.24, 2.45) is 0 Å². The summed E-state index contributed by atoms with van der Waals surface area (Å²) >= 11 is 0. The van der Waals surface area contributed by atoms with Crippen molar-refractivity contribution in [1.82, 2.24) is 15.5 Å². The number of hydrogen-bond donors (Lipinski definition) is 2. The minimum absolute atomic E-state index is 0.336. The number of nitrogens with zero attached hydrogens (tertiary/aromatic N) is 1. The Hall–Kier alpha value is -0.900. The van der Waals surface area contributed by atoms with Gasteiger partial charge in [0.2, 0.25) is 0 Å². The molecule has 0 bridgehead atoms. The molecule has 2 atom stereocenters. The van der Waals surface area contributed by atoms with Gasteiger partial charge in [-0.15, -0.1) is 0 Å². The fraction of sp³-hybridized carbons (Fsp3) is 0.647. The summed E-state index contributed by atoms with van der Waals surface area (Å²) in [5.74, 6) is 0. The molecule has 0 amide bonds. The third-order valence-corrected chi connectivity index (χ3v) is 4.75. The van der Waals surface area contributed by atoms with Crippen LogP contribution in [-0.4, -0.2) is 42.7 Å². The van der Waals surface area contributed by atoms with Crippen molar-refractivity contribution in [3.63, 3.8) is 0 Å². The van der Waals surface area contributed by atoms with Crippen molar-refractivity contribution >= 4 is 0 Å². The summed E-state index contributed by atoms with van der Waals surface area (Å²) in [4.78, 5) is 2.62. The van der Waals surface area contributed by atoms with Crippen molar-refractivity contribution in [3.05, 3.63) is 35.9 Å². The molecular weight excluding hydrogens is 246 g/mol. The molecule has 0 aromatic heterocycles. The summed E-state index contributed by atoms with van der Waals surface area (Å²) in [5, 5.41) is 7.47. The number of likely N-dealkylation sites (tertiary alicyclic amines) is 1. The molecule has 2 unspecified atom stereocenters. The highest BCUT2D eigenvalue weighted by molar-refractivity contribution is 5.14. The average Bonchev–Trinajstić information content (AvgIpc) is 2.63. The highest BCUT2D eigenvalue weighted by Gasteiger charge is 2.35. The first-order valence-corrected chi connectivity index (χ1v) is 8.00. The van der Waals surface area contributed by atoms with E-state index in [0.717, 1.165) is 19.6 Å². The molecule has 2 heterocycles. The third kappa shape index (κ3) is 3.40. The highest BCUT2D eigenvalue weighted by Crippen LogP contribution is 2.25. The number of benzene rings is 1. The van der Waals surface area contributed by atoms with E-state index in [1.165, 1.54) is 37.9 Å². The van der Waals surface area contributed by atoms with Gasteiger partial charge in [-0.05, 0) is 38.3 Å². The monoisotopic (exact) mass is 273 g/mol. The van der Waals surface area contributed by atoms with E-state index in [2.05, 4.69) is 52.8 Å². The van der Waals surface area contributed by atoms with Crippen molar-refractivity contribution < 1.29 is 0 Å². The molecule has 3 rings (SSSR count). The van der Waals surface area contributed by atoms with Crippen LogP contribution in [0.1, 0.15) is 31.7 Å². The summed E-state index contributed by atoms with van der Waals surface area (Å²) in [6.45, 7) is 8.06. The number of piperazine rings is 1. The largest absolute Gasteiger partial charge is 0.313 e. The van der Waals surface area contributed by atoms with Crippen molar-refractivity contribution in [2.75, 3.05) is 26.2 Å². The SMILES string of the molecule is CC1CNCC2(CCCN(Cc3ccccc3)CC2)N1. The first kappa shape index (κ1) is 14.1. The molecule has 1 aromatic carbocycles. The zero-order valence-electron chi connectivity index (χ0n) is 12.6. The molecule has 0 radical (unpaired) electrons. The lowest BCUT2D eigenvalue weighted by atomic mass is 9.87. The molecule has 2 aliphatic rings. The van der Waals surface area contributed by atoms with Crippen LogP contribution in [0.3, 0.4) is 0 Å². The lowest BCUT2D eigenvalue weighted by Gasteiger charge is -2.41. The lowest BCUT2D eigenvalue weighted by Crippen LogP contribution is -2.63. The van der Waals surface area contributed by atoms with E-state index >= 15 is 0 Å². The molecule has 2 aliphatic heterocycles. The topological polar surface area (TPSA) is 27.3 Å². The van der Waals surface area contributed by atoms with Crippen LogP contribution < -0.4 is 10.6 Å². The molecular formula is C17H27N3. The van der Waals surface area contributed by atoms with E-state index < -0.39 is 0 Å². The first-order valence-electron chi connectivity index (χ1n) is 8.00. The smallest absolute Gasteiger partial charge is 0.0321 e. The van der Waals surface area contributed by atoms with E-state index in [4.69, 9.17) is 0 Å². The van der Waals surface area contributed by atoms with E-state index in [9.17, 15) is 0 Å². The molecule has 3 heteroatoms. The average molecular weight is 273 g/mol. The van der Waals surface area contributed by atoms with E-state index in [0.29, 0.717) is 11.6 Å². The Morgan fingerprint density at radius 1 is 1.20 bits per heavy atom. The van der Waals surface area contributed by atoms with Gasteiger partial charge < -0.3 is 10.6 Å². The van der Waals surface area contributed by atoms with Gasteiger partial charge in [0.1, 0.15) is 0 Å². The summed E-state index contributed by atoms with van der Waals surface area (Å²) in [7, 11) is 0. The van der Waals surface area contributed by atoms with Crippen LogP contribution in [0, 0.1) is 0 Å². The first-order chi connectivity index (χ1) is 9.76. The molecule has 3 nitrogen and oxygen atoms in total. The third-order valence-electron chi connectivity index (χ3n) is 4.75. The fourth-order valence-corrected chi connectivity index (χ4v) is 3.72. The number of rotatable bonds is 2. The Morgan fingerprint density at radius 2 is 2.05 bits per heavy atom. The molecule has 2 N–H and O–H groups in total. The van der Waals surface area contributed by atoms with Crippen LogP contribution >= 0.6 is 0 Å². The van der Waals surface area contributed by atoms with Crippen LogP contribution in [0.4, 0.5) is 0 Å². The zero-order chi connectivity index (χ0) is 13.8. The number of hydrogen-bond acceptors (Lipinski definition) is 3. The Bertz CT molecular complexity index is 420. The van der Waals surface area contributed by atoms with Crippen LogP contribution in [0.25, 0.3) is 0 Å². The van der Waals surface area contributed by atoms with Gasteiger partial charge in [-0.3, -0.25) is 4.90 Å². The Kier molecular flexibility index (Phi) is 4.39. The standard InChI is InChI=1S/C17H27N3/c1-15-12-18-14-17(19-15)8-5-10-20(11-9-17)13-16-6-3-2-4-7-16/h2-4,6-7,15,18-19H,5,8-14H2,1H3. The Balaban J connectivity index is 1.59. The molecule has 1 aromatic rings. The molecule has 110 valence electrons. The minimum atomic E-state index is 0.336.